The summed E-state index contributed by atoms with van der Waals surface area (Å²) in [5.74, 6) is 0. The molecule has 0 saturated carbocycles. The smallest absolute Gasteiger partial charge is 0.131 e. The van der Waals surface area contributed by atoms with Crippen LogP contribution in [0.25, 0.3) is 0 Å². The number of ether oxygens (including phenoxy) is 1. The first-order valence-corrected chi connectivity index (χ1v) is 6.78. The van der Waals surface area contributed by atoms with Gasteiger partial charge in [-0.05, 0) is 19.4 Å². The molecule has 92 valence electrons. The van der Waals surface area contributed by atoms with Crippen molar-refractivity contribution in [1.29, 1.82) is 0 Å². The third-order valence-electron chi connectivity index (χ3n) is 2.02. The van der Waals surface area contributed by atoms with Gasteiger partial charge in [0.25, 0.3) is 0 Å². The molecule has 5 heteroatoms. The Hall–Kier alpha value is -0.520. The van der Waals surface area contributed by atoms with Crippen LogP contribution in [0.2, 0.25) is 0 Å². The Kier molecular flexibility index (Phi) is 7.29. The number of hydrogen-bond acceptors (Lipinski definition) is 5. The molecule has 0 aliphatic carbocycles. The van der Waals surface area contributed by atoms with Gasteiger partial charge in [0.1, 0.15) is 10.0 Å². The second kappa shape index (κ2) is 8.61. The van der Waals surface area contributed by atoms with Crippen molar-refractivity contribution in [2.45, 2.75) is 39.7 Å². The first-order chi connectivity index (χ1) is 7.86. The third-order valence-corrected chi connectivity index (χ3v) is 3.00. The van der Waals surface area contributed by atoms with Gasteiger partial charge in [-0.3, -0.25) is 0 Å². The summed E-state index contributed by atoms with van der Waals surface area (Å²) in [6, 6.07) is 0. The number of hydrogen-bond donors (Lipinski definition) is 1. The molecule has 4 nitrogen and oxygen atoms in total. The van der Waals surface area contributed by atoms with E-state index in [1.807, 2.05) is 0 Å². The van der Waals surface area contributed by atoms with Crippen LogP contribution in [0.1, 0.15) is 36.7 Å². The van der Waals surface area contributed by atoms with E-state index in [0.29, 0.717) is 0 Å². The molecule has 16 heavy (non-hydrogen) atoms. The zero-order chi connectivity index (χ0) is 11.6. The summed E-state index contributed by atoms with van der Waals surface area (Å²) < 4.78 is 5.42. The zero-order valence-electron chi connectivity index (χ0n) is 10.2. The third kappa shape index (κ3) is 5.53. The first kappa shape index (κ1) is 13.5. The molecule has 1 aromatic rings. The van der Waals surface area contributed by atoms with Crippen LogP contribution in [-0.2, 0) is 17.7 Å². The molecule has 1 N–H and O–H groups in total. The van der Waals surface area contributed by atoms with Crippen LogP contribution >= 0.6 is 11.3 Å². The topological polar surface area (TPSA) is 47.0 Å². The highest BCUT2D eigenvalue weighted by Gasteiger charge is 2.03. The fourth-order valence-corrected chi connectivity index (χ4v) is 2.03. The summed E-state index contributed by atoms with van der Waals surface area (Å²) in [5.41, 5.74) is 0. The maximum Gasteiger partial charge on any atom is 0.131 e. The maximum atomic E-state index is 5.42. The van der Waals surface area contributed by atoms with Crippen molar-refractivity contribution in [2.75, 3.05) is 19.8 Å². The van der Waals surface area contributed by atoms with Crippen molar-refractivity contribution in [2.24, 2.45) is 0 Å². The van der Waals surface area contributed by atoms with Gasteiger partial charge in [0.15, 0.2) is 0 Å². The normalized spacial score (nSPS) is 10.9. The largest absolute Gasteiger partial charge is 0.381 e. The van der Waals surface area contributed by atoms with E-state index in [2.05, 4.69) is 29.4 Å². The molecular weight excluding hydrogens is 222 g/mol. The summed E-state index contributed by atoms with van der Waals surface area (Å²) in [6.07, 6.45) is 3.10. The van der Waals surface area contributed by atoms with Gasteiger partial charge in [0.2, 0.25) is 0 Å². The van der Waals surface area contributed by atoms with Crippen molar-refractivity contribution < 1.29 is 4.74 Å². The van der Waals surface area contributed by atoms with E-state index in [9.17, 15) is 0 Å². The highest BCUT2D eigenvalue weighted by Crippen LogP contribution is 2.10. The van der Waals surface area contributed by atoms with Crippen molar-refractivity contribution in [3.63, 3.8) is 0 Å². The molecule has 0 amide bonds. The number of rotatable bonds is 9. The van der Waals surface area contributed by atoms with Crippen LogP contribution in [0.15, 0.2) is 0 Å². The zero-order valence-corrected chi connectivity index (χ0v) is 11.0. The van der Waals surface area contributed by atoms with Crippen LogP contribution in [0, 0.1) is 0 Å². The minimum atomic E-state index is 0.755. The fourth-order valence-electron chi connectivity index (χ4n) is 1.24. The van der Waals surface area contributed by atoms with E-state index in [1.54, 1.807) is 11.3 Å². The summed E-state index contributed by atoms with van der Waals surface area (Å²) in [4.78, 5) is 0. The molecule has 0 aliphatic rings. The van der Waals surface area contributed by atoms with Gasteiger partial charge < -0.3 is 10.1 Å². The Labute approximate surface area is 101 Å². The Morgan fingerprint density at radius 1 is 1.12 bits per heavy atom. The molecule has 1 rings (SSSR count). The van der Waals surface area contributed by atoms with Crippen molar-refractivity contribution in [3.05, 3.63) is 10.0 Å². The molecule has 0 spiro atoms. The molecule has 0 radical (unpaired) electrons. The number of aromatic nitrogens is 2. The number of nitrogens with zero attached hydrogens (tertiary/aromatic N) is 2. The van der Waals surface area contributed by atoms with E-state index in [4.69, 9.17) is 4.74 Å². The minimum Gasteiger partial charge on any atom is -0.381 e. The van der Waals surface area contributed by atoms with Gasteiger partial charge >= 0.3 is 0 Å². The minimum absolute atomic E-state index is 0.755. The second-order valence-corrected chi connectivity index (χ2v) is 4.78. The molecule has 0 aliphatic heterocycles. The monoisotopic (exact) mass is 243 g/mol. The summed E-state index contributed by atoms with van der Waals surface area (Å²) in [6.45, 7) is 7.73. The second-order valence-electron chi connectivity index (χ2n) is 3.63. The van der Waals surface area contributed by atoms with Crippen LogP contribution in [0.5, 0.6) is 0 Å². The molecule has 0 saturated heterocycles. The maximum absolute atomic E-state index is 5.42. The van der Waals surface area contributed by atoms with Crippen LogP contribution in [0.3, 0.4) is 0 Å². The molecule has 0 aromatic carbocycles. The van der Waals surface area contributed by atoms with E-state index < -0.39 is 0 Å². The summed E-state index contributed by atoms with van der Waals surface area (Å²) in [7, 11) is 0. The Morgan fingerprint density at radius 3 is 2.69 bits per heavy atom. The molecule has 0 bridgehead atoms. The Balaban J connectivity index is 2.17. The van der Waals surface area contributed by atoms with Crippen LogP contribution in [0.4, 0.5) is 0 Å². The number of nitrogens with one attached hydrogen (secondary N) is 1. The van der Waals surface area contributed by atoms with Gasteiger partial charge in [-0.25, -0.2) is 0 Å². The fraction of sp³-hybridized carbons (Fsp3) is 0.818. The van der Waals surface area contributed by atoms with Crippen molar-refractivity contribution in [1.82, 2.24) is 15.5 Å². The lowest BCUT2D eigenvalue weighted by Crippen LogP contribution is -2.13. The highest BCUT2D eigenvalue weighted by atomic mass is 32.1. The molecule has 0 unspecified atom stereocenters. The predicted octanol–water partition coefficient (Wildman–Crippen LogP) is 2.01. The van der Waals surface area contributed by atoms with E-state index in [-0.39, 0.29) is 0 Å². The van der Waals surface area contributed by atoms with Gasteiger partial charge in [-0.2, -0.15) is 0 Å². The lowest BCUT2D eigenvalue weighted by molar-refractivity contribution is 0.138. The Morgan fingerprint density at radius 2 is 1.94 bits per heavy atom. The van der Waals surface area contributed by atoms with Crippen LogP contribution < -0.4 is 5.32 Å². The molecule has 0 fully saturated rings. The SMILES string of the molecule is CCCNCc1nnc(CCOCCC)s1. The lowest BCUT2D eigenvalue weighted by Gasteiger charge is -1.98. The van der Waals surface area contributed by atoms with Gasteiger partial charge in [0, 0.05) is 19.6 Å². The predicted molar refractivity (Wildman–Crippen MR) is 66.7 cm³/mol. The molecular formula is C11H21N3OS. The highest BCUT2D eigenvalue weighted by molar-refractivity contribution is 7.11. The average Bonchev–Trinajstić information content (AvgIpc) is 2.73. The average molecular weight is 243 g/mol. The molecule has 1 aromatic heterocycles. The van der Waals surface area contributed by atoms with E-state index in [1.165, 1.54) is 0 Å². The quantitative estimate of drug-likeness (QED) is 0.674. The van der Waals surface area contributed by atoms with E-state index >= 15 is 0 Å². The first-order valence-electron chi connectivity index (χ1n) is 5.96. The van der Waals surface area contributed by atoms with Crippen LogP contribution in [-0.4, -0.2) is 30.0 Å². The summed E-state index contributed by atoms with van der Waals surface area (Å²) >= 11 is 1.68. The standard InChI is InChI=1S/C11H21N3OS/c1-3-6-12-9-11-14-13-10(16-11)5-8-15-7-4-2/h12H,3-9H2,1-2H3. The van der Waals surface area contributed by atoms with Gasteiger partial charge in [-0.1, -0.05) is 13.8 Å². The van der Waals surface area contributed by atoms with E-state index in [0.717, 1.165) is 55.6 Å². The lowest BCUT2D eigenvalue weighted by atomic mass is 10.5. The van der Waals surface area contributed by atoms with Crippen molar-refractivity contribution in [3.8, 4) is 0 Å². The van der Waals surface area contributed by atoms with Gasteiger partial charge in [-0.15, -0.1) is 21.5 Å². The summed E-state index contributed by atoms with van der Waals surface area (Å²) in [5, 5.41) is 13.7. The van der Waals surface area contributed by atoms with Gasteiger partial charge in [0.05, 0.1) is 6.61 Å². The molecule has 1 heterocycles. The Bertz CT molecular complexity index is 278. The van der Waals surface area contributed by atoms with Crippen molar-refractivity contribution >= 4 is 11.3 Å². The molecule has 0 atom stereocenters.